The Bertz CT molecular complexity index is 887. The van der Waals surface area contributed by atoms with Gasteiger partial charge < -0.3 is 9.47 Å². The molecule has 0 aliphatic rings. The summed E-state index contributed by atoms with van der Waals surface area (Å²) in [6, 6.07) is 15.8. The molecule has 0 aliphatic heterocycles. The largest absolute Gasteiger partial charge is 0.481 e. The number of hydrogen-bond donors (Lipinski definition) is 0. The summed E-state index contributed by atoms with van der Waals surface area (Å²) in [5, 5.41) is 1.99. The quantitative estimate of drug-likeness (QED) is 0.495. The lowest BCUT2D eigenvalue weighted by atomic mass is 9.97. The number of esters is 1. The number of thiophene rings is 1. The molecule has 0 fully saturated rings. The van der Waals surface area contributed by atoms with Crippen LogP contribution in [0.1, 0.15) is 5.56 Å². The molecule has 0 unspecified atom stereocenters. The Labute approximate surface area is 150 Å². The van der Waals surface area contributed by atoms with E-state index in [1.165, 1.54) is 13.2 Å². The summed E-state index contributed by atoms with van der Waals surface area (Å²) in [5.74, 6) is 0.115. The van der Waals surface area contributed by atoms with E-state index in [2.05, 4.69) is 4.98 Å². The number of carbonyl (C=O) groups excluding carboxylic acids is 1. The van der Waals surface area contributed by atoms with Crippen molar-refractivity contribution in [3.63, 3.8) is 0 Å². The second-order valence-corrected chi connectivity index (χ2v) is 6.12. The molecule has 0 N–H and O–H groups in total. The van der Waals surface area contributed by atoms with Crippen LogP contribution in [0.4, 0.5) is 0 Å². The van der Waals surface area contributed by atoms with Gasteiger partial charge in [-0.3, -0.25) is 0 Å². The van der Waals surface area contributed by atoms with Crippen LogP contribution in [0.5, 0.6) is 5.88 Å². The molecular formula is C20H17NO3S. The molecule has 3 aromatic rings. The van der Waals surface area contributed by atoms with Crippen LogP contribution in [-0.2, 0) is 9.53 Å². The highest BCUT2D eigenvalue weighted by atomic mass is 32.1. The maximum atomic E-state index is 11.6. The molecule has 4 nitrogen and oxygen atoms in total. The highest BCUT2D eigenvalue weighted by molar-refractivity contribution is 7.13. The van der Waals surface area contributed by atoms with Gasteiger partial charge in [0.25, 0.3) is 0 Å². The van der Waals surface area contributed by atoms with Crippen molar-refractivity contribution in [3.8, 4) is 27.6 Å². The third-order valence-corrected chi connectivity index (χ3v) is 4.55. The lowest BCUT2D eigenvalue weighted by Gasteiger charge is -2.13. The van der Waals surface area contributed by atoms with Crippen molar-refractivity contribution in [3.05, 3.63) is 65.6 Å². The number of carbonyl (C=O) groups is 1. The van der Waals surface area contributed by atoms with Gasteiger partial charge in [0, 0.05) is 17.7 Å². The van der Waals surface area contributed by atoms with E-state index < -0.39 is 5.97 Å². The van der Waals surface area contributed by atoms with E-state index in [9.17, 15) is 4.79 Å². The van der Waals surface area contributed by atoms with Gasteiger partial charge in [0.1, 0.15) is 0 Å². The summed E-state index contributed by atoms with van der Waals surface area (Å²) < 4.78 is 10.1. The van der Waals surface area contributed by atoms with Gasteiger partial charge in [-0.05, 0) is 28.6 Å². The molecule has 0 saturated heterocycles. The SMILES string of the molecule is COC(=O)/C=C/c1c(-c2ccccc2)cc(OC)nc1-c1cccs1. The minimum absolute atomic E-state index is 0.410. The lowest BCUT2D eigenvalue weighted by molar-refractivity contribution is -0.134. The van der Waals surface area contributed by atoms with E-state index in [0.29, 0.717) is 5.88 Å². The summed E-state index contributed by atoms with van der Waals surface area (Å²) in [7, 11) is 2.95. The first-order valence-corrected chi connectivity index (χ1v) is 8.55. The fourth-order valence-electron chi connectivity index (χ4n) is 2.48. The van der Waals surface area contributed by atoms with Crippen molar-refractivity contribution in [1.29, 1.82) is 0 Å². The van der Waals surface area contributed by atoms with E-state index in [1.807, 2.05) is 53.9 Å². The molecule has 0 spiro atoms. The number of methoxy groups -OCH3 is 2. The fraction of sp³-hybridized carbons (Fsp3) is 0.100. The Kier molecular flexibility index (Phi) is 5.26. The molecule has 1 aromatic carbocycles. The number of pyridine rings is 1. The molecule has 0 radical (unpaired) electrons. The minimum Gasteiger partial charge on any atom is -0.481 e. The van der Waals surface area contributed by atoms with E-state index >= 15 is 0 Å². The monoisotopic (exact) mass is 351 g/mol. The second kappa shape index (κ2) is 7.77. The van der Waals surface area contributed by atoms with Crippen molar-refractivity contribution in [2.75, 3.05) is 14.2 Å². The molecule has 0 atom stereocenters. The van der Waals surface area contributed by atoms with Gasteiger partial charge >= 0.3 is 5.97 Å². The number of aromatic nitrogens is 1. The third-order valence-electron chi connectivity index (χ3n) is 3.67. The van der Waals surface area contributed by atoms with Gasteiger partial charge in [-0.1, -0.05) is 36.4 Å². The predicted molar refractivity (Wildman–Crippen MR) is 101 cm³/mol. The van der Waals surface area contributed by atoms with E-state index in [4.69, 9.17) is 9.47 Å². The predicted octanol–water partition coefficient (Wildman–Crippen LogP) is 4.67. The van der Waals surface area contributed by atoms with Crippen molar-refractivity contribution in [2.24, 2.45) is 0 Å². The van der Waals surface area contributed by atoms with Crippen molar-refractivity contribution < 1.29 is 14.3 Å². The average Bonchev–Trinajstić information content (AvgIpc) is 3.20. The van der Waals surface area contributed by atoms with E-state index in [0.717, 1.165) is 27.3 Å². The molecule has 5 heteroatoms. The number of rotatable bonds is 5. The molecule has 0 aliphatic carbocycles. The molecular weight excluding hydrogens is 334 g/mol. The molecule has 2 aromatic heterocycles. The van der Waals surface area contributed by atoms with Crippen LogP contribution < -0.4 is 4.74 Å². The average molecular weight is 351 g/mol. The number of benzene rings is 1. The summed E-state index contributed by atoms with van der Waals surface area (Å²) in [5.41, 5.74) is 3.58. The van der Waals surface area contributed by atoms with E-state index in [-0.39, 0.29) is 0 Å². The smallest absolute Gasteiger partial charge is 0.330 e. The van der Waals surface area contributed by atoms with Gasteiger partial charge in [-0.2, -0.15) is 0 Å². The zero-order valence-corrected chi connectivity index (χ0v) is 14.7. The van der Waals surface area contributed by atoms with Crippen LogP contribution in [0.15, 0.2) is 60.0 Å². The van der Waals surface area contributed by atoms with Crippen LogP contribution in [-0.4, -0.2) is 25.2 Å². The van der Waals surface area contributed by atoms with Crippen LogP contribution in [0, 0.1) is 0 Å². The molecule has 0 saturated carbocycles. The van der Waals surface area contributed by atoms with Crippen LogP contribution in [0.25, 0.3) is 27.8 Å². The standard InChI is InChI=1S/C20H17NO3S/c1-23-18-13-16(14-7-4-3-5-8-14)15(10-11-19(22)24-2)20(21-18)17-9-6-12-25-17/h3-13H,1-2H3/b11-10+. The van der Waals surface area contributed by atoms with Crippen LogP contribution in [0.3, 0.4) is 0 Å². The zero-order valence-electron chi connectivity index (χ0n) is 13.9. The first-order valence-electron chi connectivity index (χ1n) is 7.67. The molecule has 126 valence electrons. The fourth-order valence-corrected chi connectivity index (χ4v) is 3.21. The van der Waals surface area contributed by atoms with Crippen molar-refractivity contribution in [2.45, 2.75) is 0 Å². The first kappa shape index (κ1) is 16.9. The lowest BCUT2D eigenvalue weighted by Crippen LogP contribution is -1.98. The van der Waals surface area contributed by atoms with Gasteiger partial charge in [-0.25, -0.2) is 9.78 Å². The molecule has 25 heavy (non-hydrogen) atoms. The Morgan fingerprint density at radius 1 is 1.12 bits per heavy atom. The van der Waals surface area contributed by atoms with E-state index in [1.54, 1.807) is 24.5 Å². The highest BCUT2D eigenvalue weighted by Crippen LogP contribution is 2.36. The number of ether oxygens (including phenoxy) is 2. The molecule has 0 amide bonds. The van der Waals surface area contributed by atoms with Gasteiger partial charge in [0.15, 0.2) is 0 Å². The topological polar surface area (TPSA) is 48.4 Å². The number of nitrogens with zero attached hydrogens (tertiary/aromatic N) is 1. The second-order valence-electron chi connectivity index (χ2n) is 5.17. The zero-order chi connectivity index (χ0) is 17.6. The third kappa shape index (κ3) is 3.78. The molecule has 2 heterocycles. The van der Waals surface area contributed by atoms with Crippen LogP contribution in [0.2, 0.25) is 0 Å². The Balaban J connectivity index is 2.26. The maximum absolute atomic E-state index is 11.6. The van der Waals surface area contributed by atoms with Gasteiger partial charge in [-0.15, -0.1) is 11.3 Å². The molecule has 3 rings (SSSR count). The summed E-state index contributed by atoms with van der Waals surface area (Å²) in [4.78, 5) is 17.2. The van der Waals surface area contributed by atoms with Crippen molar-refractivity contribution >= 4 is 23.4 Å². The maximum Gasteiger partial charge on any atom is 0.330 e. The minimum atomic E-state index is -0.410. The first-order chi connectivity index (χ1) is 12.2. The Hall–Kier alpha value is -2.92. The van der Waals surface area contributed by atoms with Crippen LogP contribution >= 0.6 is 11.3 Å². The summed E-state index contributed by atoms with van der Waals surface area (Å²) in [6.45, 7) is 0. The highest BCUT2D eigenvalue weighted by Gasteiger charge is 2.15. The van der Waals surface area contributed by atoms with Crippen molar-refractivity contribution in [1.82, 2.24) is 4.98 Å². The summed E-state index contributed by atoms with van der Waals surface area (Å²) >= 11 is 1.59. The Morgan fingerprint density at radius 2 is 1.92 bits per heavy atom. The molecule has 0 bridgehead atoms. The van der Waals surface area contributed by atoms with Gasteiger partial charge in [0.05, 0.1) is 24.8 Å². The Morgan fingerprint density at radius 3 is 2.56 bits per heavy atom. The summed E-state index contributed by atoms with van der Waals surface area (Å²) in [6.07, 6.45) is 3.16. The normalized spacial score (nSPS) is 10.8. The number of hydrogen-bond acceptors (Lipinski definition) is 5. The van der Waals surface area contributed by atoms with Gasteiger partial charge in [0.2, 0.25) is 5.88 Å².